The number of amides is 1. The number of hydrogen-bond donors (Lipinski definition) is 1. The molecule has 3 rings (SSSR count). The van der Waals surface area contributed by atoms with Gasteiger partial charge in [-0.1, -0.05) is 0 Å². The molecule has 128 valence electrons. The highest BCUT2D eigenvalue weighted by molar-refractivity contribution is 5.94. The van der Waals surface area contributed by atoms with Crippen LogP contribution in [0.25, 0.3) is 5.69 Å². The van der Waals surface area contributed by atoms with Crippen LogP contribution in [0.2, 0.25) is 0 Å². The molecule has 1 aliphatic heterocycles. The smallest absolute Gasteiger partial charge is 0.251 e. The lowest BCUT2D eigenvalue weighted by Gasteiger charge is -2.34. The van der Waals surface area contributed by atoms with Crippen LogP contribution in [0, 0.1) is 5.92 Å². The van der Waals surface area contributed by atoms with Crippen LogP contribution in [0.5, 0.6) is 0 Å². The zero-order chi connectivity index (χ0) is 16.9. The highest BCUT2D eigenvalue weighted by Crippen LogP contribution is 2.18. The Morgan fingerprint density at radius 2 is 1.96 bits per heavy atom. The monoisotopic (exact) mass is 326 g/mol. The number of nitrogens with zero attached hydrogens (tertiary/aromatic N) is 3. The van der Waals surface area contributed by atoms with Gasteiger partial charge < -0.3 is 10.2 Å². The SMILES string of the molecule is CC(C)N1CCC(CNC(=O)c2ccc(-n3cccn3)cc2)CC1. The molecule has 0 aliphatic carbocycles. The summed E-state index contributed by atoms with van der Waals surface area (Å²) in [5.74, 6) is 0.598. The van der Waals surface area contributed by atoms with Crippen LogP contribution in [0.15, 0.2) is 42.7 Å². The molecule has 1 aromatic heterocycles. The van der Waals surface area contributed by atoms with Gasteiger partial charge in [0.2, 0.25) is 0 Å². The fourth-order valence-electron chi connectivity index (χ4n) is 3.20. The van der Waals surface area contributed by atoms with E-state index in [2.05, 4.69) is 29.2 Å². The number of benzene rings is 1. The summed E-state index contributed by atoms with van der Waals surface area (Å²) in [6, 6.07) is 10.0. The Morgan fingerprint density at radius 1 is 1.25 bits per heavy atom. The average Bonchev–Trinajstić information content (AvgIpc) is 3.15. The fourth-order valence-corrected chi connectivity index (χ4v) is 3.20. The maximum Gasteiger partial charge on any atom is 0.251 e. The van der Waals surface area contributed by atoms with Gasteiger partial charge in [-0.05, 0) is 76.0 Å². The Bertz CT molecular complexity index is 641. The van der Waals surface area contributed by atoms with Gasteiger partial charge >= 0.3 is 0 Å². The molecule has 1 fully saturated rings. The van der Waals surface area contributed by atoms with Gasteiger partial charge in [0.15, 0.2) is 0 Å². The van der Waals surface area contributed by atoms with E-state index in [0.29, 0.717) is 17.5 Å². The number of likely N-dealkylation sites (tertiary alicyclic amines) is 1. The third-order valence-electron chi connectivity index (χ3n) is 4.83. The van der Waals surface area contributed by atoms with Gasteiger partial charge in [0.25, 0.3) is 5.91 Å². The van der Waals surface area contributed by atoms with Crippen molar-refractivity contribution in [1.29, 1.82) is 0 Å². The number of carbonyl (C=O) groups excluding carboxylic acids is 1. The lowest BCUT2D eigenvalue weighted by molar-refractivity contribution is 0.0929. The molecule has 2 aromatic rings. The van der Waals surface area contributed by atoms with Gasteiger partial charge in [-0.15, -0.1) is 0 Å². The van der Waals surface area contributed by atoms with Crippen molar-refractivity contribution in [3.8, 4) is 5.69 Å². The van der Waals surface area contributed by atoms with Crippen molar-refractivity contribution >= 4 is 5.91 Å². The first-order chi connectivity index (χ1) is 11.6. The van der Waals surface area contributed by atoms with Crippen molar-refractivity contribution < 1.29 is 4.79 Å². The molecule has 1 saturated heterocycles. The van der Waals surface area contributed by atoms with Gasteiger partial charge in [-0.3, -0.25) is 4.79 Å². The molecule has 1 amide bonds. The number of nitrogens with one attached hydrogen (secondary N) is 1. The molecule has 0 bridgehead atoms. The van der Waals surface area contributed by atoms with E-state index in [1.165, 1.54) is 0 Å². The van der Waals surface area contributed by atoms with E-state index in [1.54, 1.807) is 10.9 Å². The summed E-state index contributed by atoms with van der Waals surface area (Å²) in [6.45, 7) is 7.53. The zero-order valence-electron chi connectivity index (χ0n) is 14.5. The van der Waals surface area contributed by atoms with E-state index in [0.717, 1.165) is 38.2 Å². The average molecular weight is 326 g/mol. The molecule has 1 aliphatic rings. The van der Waals surface area contributed by atoms with Crippen molar-refractivity contribution in [3.05, 3.63) is 48.3 Å². The van der Waals surface area contributed by atoms with Crippen LogP contribution in [-0.2, 0) is 0 Å². The van der Waals surface area contributed by atoms with E-state index in [9.17, 15) is 4.79 Å². The normalized spacial score (nSPS) is 16.5. The Labute approximate surface area is 143 Å². The summed E-state index contributed by atoms with van der Waals surface area (Å²) in [5, 5.41) is 7.28. The second kappa shape index (κ2) is 7.62. The Balaban J connectivity index is 1.49. The van der Waals surface area contributed by atoms with E-state index >= 15 is 0 Å². The van der Waals surface area contributed by atoms with Crippen molar-refractivity contribution in [1.82, 2.24) is 20.0 Å². The Morgan fingerprint density at radius 3 is 2.54 bits per heavy atom. The van der Waals surface area contributed by atoms with Gasteiger partial charge in [0, 0.05) is 30.5 Å². The van der Waals surface area contributed by atoms with E-state index in [-0.39, 0.29) is 5.91 Å². The maximum atomic E-state index is 12.3. The summed E-state index contributed by atoms with van der Waals surface area (Å²) < 4.78 is 1.78. The molecular weight excluding hydrogens is 300 g/mol. The van der Waals surface area contributed by atoms with Crippen LogP contribution in [0.1, 0.15) is 37.0 Å². The third kappa shape index (κ3) is 4.03. The minimum atomic E-state index is 0.00769. The second-order valence-electron chi connectivity index (χ2n) is 6.78. The Kier molecular flexibility index (Phi) is 5.30. The predicted octanol–water partition coefficient (Wildman–Crippen LogP) is 2.72. The first-order valence-electron chi connectivity index (χ1n) is 8.76. The molecule has 0 radical (unpaired) electrons. The third-order valence-corrected chi connectivity index (χ3v) is 4.83. The summed E-state index contributed by atoms with van der Waals surface area (Å²) in [7, 11) is 0. The summed E-state index contributed by atoms with van der Waals surface area (Å²) in [5.41, 5.74) is 1.66. The first kappa shape index (κ1) is 16.7. The van der Waals surface area contributed by atoms with Gasteiger partial charge in [0.1, 0.15) is 0 Å². The van der Waals surface area contributed by atoms with E-state index < -0.39 is 0 Å². The summed E-state index contributed by atoms with van der Waals surface area (Å²) in [6.07, 6.45) is 5.96. The van der Waals surface area contributed by atoms with E-state index in [4.69, 9.17) is 0 Å². The molecular formula is C19H26N4O. The number of piperidine rings is 1. The van der Waals surface area contributed by atoms with Gasteiger partial charge in [-0.25, -0.2) is 4.68 Å². The van der Waals surface area contributed by atoms with Crippen molar-refractivity contribution in [3.63, 3.8) is 0 Å². The van der Waals surface area contributed by atoms with Crippen LogP contribution in [0.4, 0.5) is 0 Å². The quantitative estimate of drug-likeness (QED) is 0.919. The van der Waals surface area contributed by atoms with Crippen molar-refractivity contribution in [2.24, 2.45) is 5.92 Å². The van der Waals surface area contributed by atoms with Crippen LogP contribution in [0.3, 0.4) is 0 Å². The van der Waals surface area contributed by atoms with Crippen molar-refractivity contribution in [2.45, 2.75) is 32.7 Å². The largest absolute Gasteiger partial charge is 0.352 e. The predicted molar refractivity (Wildman–Crippen MR) is 95.3 cm³/mol. The molecule has 2 heterocycles. The fraction of sp³-hybridized carbons (Fsp3) is 0.474. The van der Waals surface area contributed by atoms with Gasteiger partial charge in [0.05, 0.1) is 5.69 Å². The minimum Gasteiger partial charge on any atom is -0.352 e. The van der Waals surface area contributed by atoms with Crippen molar-refractivity contribution in [2.75, 3.05) is 19.6 Å². The molecule has 5 nitrogen and oxygen atoms in total. The Hall–Kier alpha value is -2.14. The molecule has 0 saturated carbocycles. The summed E-state index contributed by atoms with van der Waals surface area (Å²) >= 11 is 0. The molecule has 1 N–H and O–H groups in total. The second-order valence-corrected chi connectivity index (χ2v) is 6.78. The molecule has 0 spiro atoms. The maximum absolute atomic E-state index is 12.3. The molecule has 0 unspecified atom stereocenters. The number of aromatic nitrogens is 2. The lowest BCUT2D eigenvalue weighted by Crippen LogP contribution is -2.41. The number of carbonyl (C=O) groups is 1. The highest BCUT2D eigenvalue weighted by Gasteiger charge is 2.21. The number of hydrogen-bond acceptors (Lipinski definition) is 3. The van der Waals surface area contributed by atoms with Crippen LogP contribution < -0.4 is 5.32 Å². The van der Waals surface area contributed by atoms with E-state index in [1.807, 2.05) is 36.5 Å². The number of rotatable bonds is 5. The molecule has 24 heavy (non-hydrogen) atoms. The standard InChI is InChI=1S/C19H26N4O/c1-15(2)22-12-8-16(9-13-22)14-20-19(24)17-4-6-18(7-5-17)23-11-3-10-21-23/h3-7,10-11,15-16H,8-9,12-14H2,1-2H3,(H,20,24). The van der Waals surface area contributed by atoms with Crippen LogP contribution in [-0.4, -0.2) is 46.3 Å². The molecule has 0 atom stereocenters. The lowest BCUT2D eigenvalue weighted by atomic mass is 9.96. The van der Waals surface area contributed by atoms with Gasteiger partial charge in [-0.2, -0.15) is 5.10 Å². The highest BCUT2D eigenvalue weighted by atomic mass is 16.1. The summed E-state index contributed by atoms with van der Waals surface area (Å²) in [4.78, 5) is 14.8. The minimum absolute atomic E-state index is 0.00769. The molecule has 5 heteroatoms. The topological polar surface area (TPSA) is 50.2 Å². The molecule has 1 aromatic carbocycles. The van der Waals surface area contributed by atoms with Crippen LogP contribution >= 0.6 is 0 Å². The zero-order valence-corrected chi connectivity index (χ0v) is 14.5. The first-order valence-corrected chi connectivity index (χ1v) is 8.76.